The molecule has 0 aliphatic heterocycles. The number of benzene rings is 6. The molecule has 0 bridgehead atoms. The third kappa shape index (κ3) is 4.58. The van der Waals surface area contributed by atoms with Gasteiger partial charge in [-0.05, 0) is 41.5 Å². The van der Waals surface area contributed by atoms with Gasteiger partial charge in [-0.2, -0.15) is 0 Å². The van der Waals surface area contributed by atoms with E-state index in [1.807, 2.05) is 24.3 Å². The lowest BCUT2D eigenvalue weighted by Crippen LogP contribution is -1.97. The Hall–Kier alpha value is -5.80. The molecular formula is C40H27N3. The first-order chi connectivity index (χ1) is 21.3. The SMILES string of the molecule is c1ccc(-c2ccc(-c3cc(-c4cccc(-n5c6ccccc6c6ccccc65)c4)nc(-c4ccccc4)n3)cc2)cc1. The molecule has 43 heavy (non-hydrogen) atoms. The van der Waals surface area contributed by atoms with Gasteiger partial charge in [0.05, 0.1) is 22.4 Å². The number of fused-ring (bicyclic) bond motifs is 3. The van der Waals surface area contributed by atoms with Crippen LogP contribution in [0.5, 0.6) is 0 Å². The van der Waals surface area contributed by atoms with Crippen molar-refractivity contribution in [2.75, 3.05) is 0 Å². The van der Waals surface area contributed by atoms with Gasteiger partial charge in [0.25, 0.3) is 0 Å². The molecular weight excluding hydrogens is 522 g/mol. The van der Waals surface area contributed by atoms with E-state index in [-0.39, 0.29) is 0 Å². The van der Waals surface area contributed by atoms with Gasteiger partial charge in [-0.1, -0.05) is 133 Å². The smallest absolute Gasteiger partial charge is 0.160 e. The molecule has 0 aliphatic rings. The van der Waals surface area contributed by atoms with E-state index in [0.29, 0.717) is 5.82 Å². The second-order valence-electron chi connectivity index (χ2n) is 10.7. The van der Waals surface area contributed by atoms with Crippen molar-refractivity contribution in [1.29, 1.82) is 0 Å². The van der Waals surface area contributed by atoms with Gasteiger partial charge in [0.1, 0.15) is 0 Å². The van der Waals surface area contributed by atoms with Crippen LogP contribution in [-0.2, 0) is 0 Å². The largest absolute Gasteiger partial charge is 0.309 e. The number of nitrogens with zero attached hydrogens (tertiary/aromatic N) is 3. The van der Waals surface area contributed by atoms with Crippen molar-refractivity contribution in [3.05, 3.63) is 164 Å². The van der Waals surface area contributed by atoms with Gasteiger partial charge in [0, 0.05) is 33.2 Å². The lowest BCUT2D eigenvalue weighted by molar-refractivity contribution is 1.16. The summed E-state index contributed by atoms with van der Waals surface area (Å²) in [6.07, 6.45) is 0. The molecule has 8 rings (SSSR count). The summed E-state index contributed by atoms with van der Waals surface area (Å²) in [5.41, 5.74) is 10.7. The highest BCUT2D eigenvalue weighted by molar-refractivity contribution is 6.09. The Morgan fingerprint density at radius 3 is 1.49 bits per heavy atom. The van der Waals surface area contributed by atoms with E-state index >= 15 is 0 Å². The van der Waals surface area contributed by atoms with Gasteiger partial charge in [0.15, 0.2) is 5.82 Å². The Morgan fingerprint density at radius 1 is 0.349 bits per heavy atom. The summed E-state index contributed by atoms with van der Waals surface area (Å²) in [6.45, 7) is 0. The summed E-state index contributed by atoms with van der Waals surface area (Å²) >= 11 is 0. The topological polar surface area (TPSA) is 30.7 Å². The lowest BCUT2D eigenvalue weighted by Gasteiger charge is -2.12. The zero-order valence-corrected chi connectivity index (χ0v) is 23.4. The minimum atomic E-state index is 0.711. The molecule has 0 unspecified atom stereocenters. The molecule has 0 saturated carbocycles. The Balaban J connectivity index is 1.27. The normalized spacial score (nSPS) is 11.3. The minimum absolute atomic E-state index is 0.711. The van der Waals surface area contributed by atoms with Crippen LogP contribution < -0.4 is 0 Å². The van der Waals surface area contributed by atoms with Crippen LogP contribution in [0.1, 0.15) is 0 Å². The van der Waals surface area contributed by atoms with Crippen LogP contribution >= 0.6 is 0 Å². The molecule has 8 aromatic rings. The van der Waals surface area contributed by atoms with Gasteiger partial charge in [-0.3, -0.25) is 0 Å². The maximum Gasteiger partial charge on any atom is 0.160 e. The molecule has 0 atom stereocenters. The van der Waals surface area contributed by atoms with Crippen molar-refractivity contribution >= 4 is 21.8 Å². The third-order valence-corrected chi connectivity index (χ3v) is 8.03. The molecule has 3 heteroatoms. The summed E-state index contributed by atoms with van der Waals surface area (Å²) in [6, 6.07) is 57.3. The molecule has 2 heterocycles. The van der Waals surface area contributed by atoms with E-state index < -0.39 is 0 Å². The highest BCUT2D eigenvalue weighted by Gasteiger charge is 2.14. The van der Waals surface area contributed by atoms with Crippen LogP contribution in [0, 0.1) is 0 Å². The Labute approximate surface area is 250 Å². The van der Waals surface area contributed by atoms with E-state index in [9.17, 15) is 0 Å². The molecule has 2 aromatic heterocycles. The molecule has 0 aliphatic carbocycles. The van der Waals surface area contributed by atoms with Crippen LogP contribution in [-0.4, -0.2) is 14.5 Å². The first-order valence-electron chi connectivity index (χ1n) is 14.5. The molecule has 0 N–H and O–H groups in total. The summed E-state index contributed by atoms with van der Waals surface area (Å²) in [5.74, 6) is 0.711. The van der Waals surface area contributed by atoms with E-state index in [0.717, 1.165) is 33.8 Å². The highest BCUT2D eigenvalue weighted by atomic mass is 15.0. The Kier molecular flexibility index (Phi) is 6.12. The van der Waals surface area contributed by atoms with Crippen LogP contribution in [0.3, 0.4) is 0 Å². The maximum atomic E-state index is 5.09. The third-order valence-electron chi connectivity index (χ3n) is 8.03. The summed E-state index contributed by atoms with van der Waals surface area (Å²) in [7, 11) is 0. The molecule has 3 nitrogen and oxygen atoms in total. The monoisotopic (exact) mass is 549 g/mol. The van der Waals surface area contributed by atoms with Gasteiger partial charge >= 0.3 is 0 Å². The molecule has 0 fully saturated rings. The van der Waals surface area contributed by atoms with Crippen molar-refractivity contribution in [3.8, 4) is 50.7 Å². The zero-order valence-electron chi connectivity index (χ0n) is 23.4. The molecule has 202 valence electrons. The fourth-order valence-corrected chi connectivity index (χ4v) is 5.93. The second kappa shape index (κ2) is 10.6. The van der Waals surface area contributed by atoms with Crippen molar-refractivity contribution in [3.63, 3.8) is 0 Å². The molecule has 6 aromatic carbocycles. The van der Waals surface area contributed by atoms with E-state index in [2.05, 4.69) is 144 Å². The van der Waals surface area contributed by atoms with Crippen LogP contribution in [0.2, 0.25) is 0 Å². The predicted molar refractivity (Wildman–Crippen MR) is 178 cm³/mol. The number of aromatic nitrogens is 3. The van der Waals surface area contributed by atoms with E-state index in [4.69, 9.17) is 9.97 Å². The van der Waals surface area contributed by atoms with Crippen molar-refractivity contribution in [2.24, 2.45) is 0 Å². The average Bonchev–Trinajstić information content (AvgIpc) is 3.43. The number of hydrogen-bond acceptors (Lipinski definition) is 2. The molecule has 0 amide bonds. The van der Waals surface area contributed by atoms with E-state index in [1.165, 1.54) is 32.9 Å². The summed E-state index contributed by atoms with van der Waals surface area (Å²) in [5, 5.41) is 2.50. The molecule has 0 saturated heterocycles. The summed E-state index contributed by atoms with van der Waals surface area (Å²) < 4.78 is 2.34. The summed E-state index contributed by atoms with van der Waals surface area (Å²) in [4.78, 5) is 10.1. The van der Waals surface area contributed by atoms with Crippen LogP contribution in [0.4, 0.5) is 0 Å². The fraction of sp³-hybridized carbons (Fsp3) is 0. The first kappa shape index (κ1) is 25.0. The number of hydrogen-bond donors (Lipinski definition) is 0. The highest BCUT2D eigenvalue weighted by Crippen LogP contribution is 2.34. The molecule has 0 radical (unpaired) electrons. The first-order valence-corrected chi connectivity index (χ1v) is 14.5. The fourth-order valence-electron chi connectivity index (χ4n) is 5.93. The van der Waals surface area contributed by atoms with Gasteiger partial charge in [0.2, 0.25) is 0 Å². The van der Waals surface area contributed by atoms with Gasteiger partial charge in [-0.25, -0.2) is 9.97 Å². The van der Waals surface area contributed by atoms with Gasteiger partial charge in [-0.15, -0.1) is 0 Å². The van der Waals surface area contributed by atoms with Crippen molar-refractivity contribution < 1.29 is 0 Å². The van der Waals surface area contributed by atoms with Crippen molar-refractivity contribution in [1.82, 2.24) is 14.5 Å². The van der Waals surface area contributed by atoms with Crippen LogP contribution in [0.15, 0.2) is 164 Å². The second-order valence-corrected chi connectivity index (χ2v) is 10.7. The maximum absolute atomic E-state index is 5.09. The molecule has 0 spiro atoms. The van der Waals surface area contributed by atoms with Crippen LogP contribution in [0.25, 0.3) is 72.5 Å². The predicted octanol–water partition coefficient (Wildman–Crippen LogP) is 10.2. The lowest BCUT2D eigenvalue weighted by atomic mass is 10.0. The average molecular weight is 550 g/mol. The zero-order chi connectivity index (χ0) is 28.6. The van der Waals surface area contributed by atoms with Gasteiger partial charge < -0.3 is 4.57 Å². The number of rotatable bonds is 5. The quantitative estimate of drug-likeness (QED) is 0.214. The van der Waals surface area contributed by atoms with Crippen molar-refractivity contribution in [2.45, 2.75) is 0 Å². The van der Waals surface area contributed by atoms with E-state index in [1.54, 1.807) is 0 Å². The minimum Gasteiger partial charge on any atom is -0.309 e. The Morgan fingerprint density at radius 2 is 0.837 bits per heavy atom. The number of para-hydroxylation sites is 2. The Bertz CT molecular complexity index is 2160. The standard InChI is InChI=1S/C40H27N3/c1-3-12-28(13-4-1)29-22-24-30(25-23-29)36-27-37(42-40(41-36)31-14-5-2-6-15-31)32-16-11-17-33(26-32)43-38-20-9-7-18-34(38)35-19-8-10-21-39(35)43/h1-27H.